The average molecular weight is 446 g/mol. The van der Waals surface area contributed by atoms with Crippen molar-refractivity contribution in [1.82, 2.24) is 0 Å². The van der Waals surface area contributed by atoms with E-state index in [2.05, 4.69) is 0 Å². The number of aliphatic hydroxyl groups is 1. The molecule has 1 aliphatic heterocycles. The standard InChI is InChI=1S/C26H22O7/c1-31-17-13-11-16(12-14-17)26-21(15-7-4-3-5-8-15)20(24(28)29)23(27)25(26,30)22-18(32-2)9-6-10-19(22)33-26/h3-14,20-21,30H,1-2H3,(H,28,29). The summed E-state index contributed by atoms with van der Waals surface area (Å²) >= 11 is 0. The number of rotatable bonds is 5. The van der Waals surface area contributed by atoms with Crippen molar-refractivity contribution in [3.05, 3.63) is 89.5 Å². The van der Waals surface area contributed by atoms with E-state index in [0.717, 1.165) is 0 Å². The van der Waals surface area contributed by atoms with Gasteiger partial charge in [-0.15, -0.1) is 0 Å². The van der Waals surface area contributed by atoms with Crippen LogP contribution < -0.4 is 14.2 Å². The molecule has 2 N–H and O–H groups in total. The number of benzene rings is 3. The Morgan fingerprint density at radius 1 is 0.939 bits per heavy atom. The van der Waals surface area contributed by atoms with Gasteiger partial charge in [0.2, 0.25) is 5.60 Å². The van der Waals surface area contributed by atoms with Gasteiger partial charge in [0.05, 0.1) is 25.7 Å². The molecular weight excluding hydrogens is 424 g/mol. The lowest BCUT2D eigenvalue weighted by Gasteiger charge is -2.39. The van der Waals surface area contributed by atoms with Crippen molar-refractivity contribution in [2.75, 3.05) is 14.2 Å². The monoisotopic (exact) mass is 446 g/mol. The van der Waals surface area contributed by atoms with Crippen LogP contribution >= 0.6 is 0 Å². The summed E-state index contributed by atoms with van der Waals surface area (Å²) in [5.74, 6) is -3.64. The van der Waals surface area contributed by atoms with Gasteiger partial charge >= 0.3 is 5.97 Å². The highest BCUT2D eigenvalue weighted by Crippen LogP contribution is 2.68. The van der Waals surface area contributed by atoms with Gasteiger partial charge in [0.25, 0.3) is 0 Å². The third-order valence-electron chi connectivity index (χ3n) is 6.73. The van der Waals surface area contributed by atoms with Crippen LogP contribution in [0.2, 0.25) is 0 Å². The normalized spacial score (nSPS) is 27.4. The van der Waals surface area contributed by atoms with E-state index in [1.807, 2.05) is 0 Å². The molecule has 4 atom stereocenters. The van der Waals surface area contributed by atoms with E-state index in [4.69, 9.17) is 14.2 Å². The predicted octanol–water partition coefficient (Wildman–Crippen LogP) is 3.25. The summed E-state index contributed by atoms with van der Waals surface area (Å²) in [4.78, 5) is 26.3. The van der Waals surface area contributed by atoms with Gasteiger partial charge in [-0.1, -0.05) is 48.5 Å². The van der Waals surface area contributed by atoms with Gasteiger partial charge in [0.15, 0.2) is 11.4 Å². The van der Waals surface area contributed by atoms with Crippen molar-refractivity contribution >= 4 is 11.8 Å². The Morgan fingerprint density at radius 2 is 1.64 bits per heavy atom. The van der Waals surface area contributed by atoms with Gasteiger partial charge in [-0.25, -0.2) is 0 Å². The Hall–Kier alpha value is -3.84. The summed E-state index contributed by atoms with van der Waals surface area (Å²) in [5, 5.41) is 22.5. The summed E-state index contributed by atoms with van der Waals surface area (Å²) in [7, 11) is 2.96. The number of ether oxygens (including phenoxy) is 3. The van der Waals surface area contributed by atoms with Crippen molar-refractivity contribution in [3.63, 3.8) is 0 Å². The van der Waals surface area contributed by atoms with E-state index in [1.54, 1.807) is 72.8 Å². The Balaban J connectivity index is 1.88. The first kappa shape index (κ1) is 21.0. The van der Waals surface area contributed by atoms with E-state index in [-0.39, 0.29) is 17.1 Å². The zero-order valence-corrected chi connectivity index (χ0v) is 18.0. The summed E-state index contributed by atoms with van der Waals surface area (Å²) in [5.41, 5.74) is -2.88. The smallest absolute Gasteiger partial charge is 0.314 e. The van der Waals surface area contributed by atoms with Crippen molar-refractivity contribution in [3.8, 4) is 17.2 Å². The van der Waals surface area contributed by atoms with E-state index < -0.39 is 34.8 Å². The molecule has 2 aliphatic rings. The number of Topliss-reactive ketones (excluding diaryl/α,β-unsaturated/α-hetero) is 1. The summed E-state index contributed by atoms with van der Waals surface area (Å²) < 4.78 is 17.2. The molecule has 1 aliphatic carbocycles. The number of carboxylic acids is 1. The van der Waals surface area contributed by atoms with Crippen LogP contribution in [0.5, 0.6) is 17.2 Å². The van der Waals surface area contributed by atoms with E-state index in [9.17, 15) is 19.8 Å². The molecule has 1 heterocycles. The van der Waals surface area contributed by atoms with Gasteiger partial charge in [-0.2, -0.15) is 0 Å². The van der Waals surface area contributed by atoms with E-state index in [0.29, 0.717) is 16.9 Å². The topological polar surface area (TPSA) is 102 Å². The number of hydrogen-bond acceptors (Lipinski definition) is 6. The van der Waals surface area contributed by atoms with Crippen LogP contribution in [-0.4, -0.2) is 36.2 Å². The zero-order valence-electron chi connectivity index (χ0n) is 18.0. The molecule has 33 heavy (non-hydrogen) atoms. The minimum absolute atomic E-state index is 0.137. The maximum absolute atomic E-state index is 13.9. The van der Waals surface area contributed by atoms with Crippen LogP contribution in [0.25, 0.3) is 0 Å². The third-order valence-corrected chi connectivity index (χ3v) is 6.73. The molecule has 0 aromatic heterocycles. The number of fused-ring (bicyclic) bond motifs is 3. The molecule has 1 saturated carbocycles. The second kappa shape index (κ2) is 7.35. The van der Waals surface area contributed by atoms with E-state index in [1.165, 1.54) is 14.2 Å². The SMILES string of the molecule is COc1ccc(C23Oc4cccc(OC)c4C2(O)C(=O)C(C(=O)O)C3c2ccccc2)cc1. The molecule has 0 saturated heterocycles. The average Bonchev–Trinajstić information content (AvgIpc) is 3.23. The first-order valence-electron chi connectivity index (χ1n) is 10.5. The molecule has 7 nitrogen and oxygen atoms in total. The number of hydrogen-bond donors (Lipinski definition) is 2. The molecule has 0 spiro atoms. The number of ketones is 1. The summed E-state index contributed by atoms with van der Waals surface area (Å²) in [6.45, 7) is 0. The maximum Gasteiger partial charge on any atom is 0.314 e. The molecule has 0 amide bonds. The van der Waals surface area contributed by atoms with Crippen molar-refractivity contribution in [2.45, 2.75) is 17.1 Å². The van der Waals surface area contributed by atoms with Crippen LogP contribution in [0.4, 0.5) is 0 Å². The number of carboxylic acid groups (broad SMARTS) is 1. The van der Waals surface area contributed by atoms with Crippen LogP contribution in [-0.2, 0) is 20.8 Å². The number of carbonyl (C=O) groups excluding carboxylic acids is 1. The first-order valence-corrected chi connectivity index (χ1v) is 10.5. The fourth-order valence-electron chi connectivity index (χ4n) is 5.39. The van der Waals surface area contributed by atoms with Gasteiger partial charge in [0.1, 0.15) is 23.2 Å². The third kappa shape index (κ3) is 2.60. The molecule has 7 heteroatoms. The van der Waals surface area contributed by atoms with Crippen LogP contribution in [0.1, 0.15) is 22.6 Å². The summed E-state index contributed by atoms with van der Waals surface area (Å²) in [6, 6.07) is 20.5. The van der Waals surface area contributed by atoms with E-state index >= 15 is 0 Å². The highest BCUT2D eigenvalue weighted by atomic mass is 16.5. The second-order valence-corrected chi connectivity index (χ2v) is 8.18. The van der Waals surface area contributed by atoms with Crippen molar-refractivity contribution in [2.24, 2.45) is 5.92 Å². The van der Waals surface area contributed by atoms with Crippen molar-refractivity contribution < 1.29 is 34.0 Å². The van der Waals surface area contributed by atoms with Crippen LogP contribution in [0, 0.1) is 5.92 Å². The molecule has 3 aromatic rings. The van der Waals surface area contributed by atoms with Gasteiger partial charge in [0, 0.05) is 5.56 Å². The van der Waals surface area contributed by atoms with Crippen LogP contribution in [0.15, 0.2) is 72.8 Å². The van der Waals surface area contributed by atoms with Gasteiger partial charge in [-0.3, -0.25) is 9.59 Å². The molecule has 5 rings (SSSR count). The van der Waals surface area contributed by atoms with Gasteiger partial charge < -0.3 is 24.4 Å². The fraction of sp³-hybridized carbons (Fsp3) is 0.231. The maximum atomic E-state index is 13.9. The Morgan fingerprint density at radius 3 is 2.24 bits per heavy atom. The Bertz CT molecular complexity index is 1240. The molecule has 0 radical (unpaired) electrons. The minimum atomic E-state index is -2.30. The lowest BCUT2D eigenvalue weighted by Crippen LogP contribution is -2.50. The highest BCUT2D eigenvalue weighted by molar-refractivity contribution is 6.09. The first-order chi connectivity index (χ1) is 15.9. The molecule has 4 unspecified atom stereocenters. The molecule has 0 bridgehead atoms. The lowest BCUT2D eigenvalue weighted by atomic mass is 9.70. The fourth-order valence-corrected chi connectivity index (χ4v) is 5.39. The largest absolute Gasteiger partial charge is 0.497 e. The Labute approximate surface area is 190 Å². The van der Waals surface area contributed by atoms with Crippen molar-refractivity contribution in [1.29, 1.82) is 0 Å². The van der Waals surface area contributed by atoms with Gasteiger partial charge in [-0.05, 0) is 29.8 Å². The number of aliphatic carboxylic acids is 1. The molecule has 1 fully saturated rings. The quantitative estimate of drug-likeness (QED) is 0.580. The summed E-state index contributed by atoms with van der Waals surface area (Å²) in [6.07, 6.45) is 0. The Kier molecular flexibility index (Phi) is 4.68. The number of methoxy groups -OCH3 is 2. The number of carbonyl (C=O) groups is 2. The zero-order chi connectivity index (χ0) is 23.4. The lowest BCUT2D eigenvalue weighted by molar-refractivity contribution is -0.154. The minimum Gasteiger partial charge on any atom is -0.497 e. The molecule has 168 valence electrons. The molecule has 3 aromatic carbocycles. The molecular formula is C26H22O7. The second-order valence-electron chi connectivity index (χ2n) is 8.18. The van der Waals surface area contributed by atoms with Crippen LogP contribution in [0.3, 0.4) is 0 Å². The highest BCUT2D eigenvalue weighted by Gasteiger charge is 2.78. The predicted molar refractivity (Wildman–Crippen MR) is 118 cm³/mol.